The average molecular weight is 224 g/mol. The topological polar surface area (TPSA) is 72.8 Å². The number of carboxylic acid groups (broad SMARTS) is 1. The number of ether oxygens (including phenoxy) is 2. The van der Waals surface area contributed by atoms with Crippen LogP contribution in [0.1, 0.15) is 11.5 Å². The average Bonchev–Trinajstić information content (AvgIpc) is 2.29. The third-order valence-corrected chi connectivity index (χ3v) is 2.14. The van der Waals surface area contributed by atoms with Crippen molar-refractivity contribution in [2.75, 3.05) is 14.2 Å². The Kier molecular flexibility index (Phi) is 3.88. The molecular weight excluding hydrogens is 212 g/mol. The Morgan fingerprint density at radius 2 is 1.75 bits per heavy atom. The predicted molar refractivity (Wildman–Crippen MR) is 56.0 cm³/mol. The minimum atomic E-state index is -1.20. The van der Waals surface area contributed by atoms with E-state index in [9.17, 15) is 9.59 Å². The van der Waals surface area contributed by atoms with Crippen LogP contribution in [-0.2, 0) is 9.59 Å². The first-order chi connectivity index (χ1) is 7.62. The Balaban J connectivity index is 3.20. The molecule has 0 aliphatic carbocycles. The molecule has 0 bridgehead atoms. The molecule has 86 valence electrons. The number of carboxylic acids is 1. The smallest absolute Gasteiger partial charge is 0.318 e. The van der Waals surface area contributed by atoms with Gasteiger partial charge in [0.1, 0.15) is 23.7 Å². The van der Waals surface area contributed by atoms with Gasteiger partial charge in [-0.15, -0.1) is 0 Å². The van der Waals surface area contributed by atoms with Gasteiger partial charge >= 0.3 is 5.97 Å². The first-order valence-electron chi connectivity index (χ1n) is 4.53. The van der Waals surface area contributed by atoms with Crippen LogP contribution in [0.4, 0.5) is 0 Å². The van der Waals surface area contributed by atoms with Crippen molar-refractivity contribution in [2.45, 2.75) is 5.92 Å². The Hall–Kier alpha value is -2.04. The van der Waals surface area contributed by atoms with Gasteiger partial charge in [0.2, 0.25) is 0 Å². The summed E-state index contributed by atoms with van der Waals surface area (Å²) in [5.41, 5.74) is 0.332. The molecule has 0 aliphatic rings. The highest BCUT2D eigenvalue weighted by Crippen LogP contribution is 2.26. The number of carbonyl (C=O) groups excluding carboxylic acids is 1. The molecule has 0 spiro atoms. The van der Waals surface area contributed by atoms with Gasteiger partial charge in [-0.2, -0.15) is 0 Å². The van der Waals surface area contributed by atoms with E-state index >= 15 is 0 Å². The van der Waals surface area contributed by atoms with E-state index in [1.54, 1.807) is 6.07 Å². The maximum atomic E-state index is 10.8. The summed E-state index contributed by atoms with van der Waals surface area (Å²) < 4.78 is 9.97. The highest BCUT2D eigenvalue weighted by Gasteiger charge is 2.20. The van der Waals surface area contributed by atoms with E-state index in [2.05, 4.69) is 0 Å². The second-order valence-electron chi connectivity index (χ2n) is 3.10. The van der Waals surface area contributed by atoms with Crippen LogP contribution in [0.5, 0.6) is 11.5 Å². The van der Waals surface area contributed by atoms with Crippen molar-refractivity contribution in [3.63, 3.8) is 0 Å². The zero-order valence-corrected chi connectivity index (χ0v) is 8.97. The van der Waals surface area contributed by atoms with Gasteiger partial charge in [0.15, 0.2) is 0 Å². The molecule has 16 heavy (non-hydrogen) atoms. The molecule has 0 amide bonds. The normalized spacial score (nSPS) is 11.6. The van der Waals surface area contributed by atoms with Crippen LogP contribution in [-0.4, -0.2) is 31.6 Å². The van der Waals surface area contributed by atoms with Gasteiger partial charge in [-0.3, -0.25) is 4.79 Å². The van der Waals surface area contributed by atoms with E-state index in [0.717, 1.165) is 0 Å². The fourth-order valence-corrected chi connectivity index (χ4v) is 1.29. The molecule has 0 aliphatic heterocycles. The summed E-state index contributed by atoms with van der Waals surface area (Å²) in [5.74, 6) is -1.51. The summed E-state index contributed by atoms with van der Waals surface area (Å²) >= 11 is 0. The molecule has 0 heterocycles. The number of benzene rings is 1. The lowest BCUT2D eigenvalue weighted by Gasteiger charge is -2.10. The van der Waals surface area contributed by atoms with E-state index in [-0.39, 0.29) is 0 Å². The largest absolute Gasteiger partial charge is 0.497 e. The number of aliphatic carboxylic acids is 1. The van der Waals surface area contributed by atoms with Crippen molar-refractivity contribution in [1.82, 2.24) is 0 Å². The molecule has 0 aromatic heterocycles. The molecule has 1 unspecified atom stereocenters. The third-order valence-electron chi connectivity index (χ3n) is 2.14. The molecule has 1 aromatic rings. The zero-order chi connectivity index (χ0) is 12.1. The van der Waals surface area contributed by atoms with E-state index in [4.69, 9.17) is 14.6 Å². The van der Waals surface area contributed by atoms with Crippen molar-refractivity contribution in [3.05, 3.63) is 23.8 Å². The van der Waals surface area contributed by atoms with Crippen molar-refractivity contribution >= 4 is 12.3 Å². The van der Waals surface area contributed by atoms with Crippen molar-refractivity contribution in [2.24, 2.45) is 0 Å². The predicted octanol–water partition coefficient (Wildman–Crippen LogP) is 1.07. The highest BCUT2D eigenvalue weighted by atomic mass is 16.5. The van der Waals surface area contributed by atoms with Crippen LogP contribution in [0, 0.1) is 0 Å². The molecule has 1 N–H and O–H groups in total. The van der Waals surface area contributed by atoms with Crippen molar-refractivity contribution in [3.8, 4) is 11.5 Å². The fraction of sp³-hybridized carbons (Fsp3) is 0.273. The fourth-order valence-electron chi connectivity index (χ4n) is 1.29. The molecule has 0 saturated carbocycles. The molecule has 1 aromatic carbocycles. The van der Waals surface area contributed by atoms with Crippen molar-refractivity contribution < 1.29 is 24.2 Å². The van der Waals surface area contributed by atoms with E-state index in [0.29, 0.717) is 23.3 Å². The lowest BCUT2D eigenvalue weighted by molar-refractivity contribution is -0.140. The minimum Gasteiger partial charge on any atom is -0.497 e. The molecule has 5 heteroatoms. The van der Waals surface area contributed by atoms with Gasteiger partial charge in [0.25, 0.3) is 0 Å². The van der Waals surface area contributed by atoms with Crippen LogP contribution in [0.15, 0.2) is 18.2 Å². The van der Waals surface area contributed by atoms with E-state index in [1.165, 1.54) is 26.4 Å². The first kappa shape index (κ1) is 12.0. The van der Waals surface area contributed by atoms with Crippen LogP contribution in [0.25, 0.3) is 0 Å². The van der Waals surface area contributed by atoms with Gasteiger partial charge in [0, 0.05) is 6.07 Å². The molecule has 0 radical (unpaired) electrons. The first-order valence-corrected chi connectivity index (χ1v) is 4.53. The third kappa shape index (κ3) is 2.50. The quantitative estimate of drug-likeness (QED) is 0.598. The lowest BCUT2D eigenvalue weighted by atomic mass is 10.0. The summed E-state index contributed by atoms with van der Waals surface area (Å²) in [6, 6.07) is 4.60. The van der Waals surface area contributed by atoms with E-state index in [1.807, 2.05) is 0 Å². The Morgan fingerprint density at radius 1 is 1.25 bits per heavy atom. The molecule has 0 saturated heterocycles. The lowest BCUT2D eigenvalue weighted by Crippen LogP contribution is -2.13. The van der Waals surface area contributed by atoms with Crippen LogP contribution < -0.4 is 9.47 Å². The molecule has 1 atom stereocenters. The zero-order valence-electron chi connectivity index (χ0n) is 8.97. The molecule has 5 nitrogen and oxygen atoms in total. The van der Waals surface area contributed by atoms with Gasteiger partial charge in [-0.1, -0.05) is 0 Å². The maximum Gasteiger partial charge on any atom is 0.318 e. The van der Waals surface area contributed by atoms with Gasteiger partial charge in [0.05, 0.1) is 14.2 Å². The number of hydrogen-bond donors (Lipinski definition) is 1. The van der Waals surface area contributed by atoms with E-state index < -0.39 is 11.9 Å². The summed E-state index contributed by atoms with van der Waals surface area (Å²) in [6.45, 7) is 0. The van der Waals surface area contributed by atoms with Crippen LogP contribution >= 0.6 is 0 Å². The Bertz CT molecular complexity index is 377. The summed E-state index contributed by atoms with van der Waals surface area (Å²) in [6.07, 6.45) is 0.372. The highest BCUT2D eigenvalue weighted by molar-refractivity contribution is 5.93. The number of carbonyl (C=O) groups is 2. The molecular formula is C11H12O5. The number of methoxy groups -OCH3 is 2. The summed E-state index contributed by atoms with van der Waals surface area (Å²) in [5, 5.41) is 8.84. The van der Waals surface area contributed by atoms with Crippen LogP contribution in [0.2, 0.25) is 0 Å². The SMILES string of the molecule is COc1cc(OC)cc(C(C=O)C(=O)O)c1. The number of rotatable bonds is 5. The van der Waals surface area contributed by atoms with Gasteiger partial charge in [-0.05, 0) is 17.7 Å². The van der Waals surface area contributed by atoms with Gasteiger partial charge < -0.3 is 19.4 Å². The van der Waals surface area contributed by atoms with Gasteiger partial charge in [-0.25, -0.2) is 0 Å². The second-order valence-corrected chi connectivity index (χ2v) is 3.10. The minimum absolute atomic E-state index is 0.332. The standard InChI is InChI=1S/C11H12O5/c1-15-8-3-7(4-9(5-8)16-2)10(6-12)11(13)14/h3-6,10H,1-2H3,(H,13,14). The summed E-state index contributed by atoms with van der Waals surface area (Å²) in [7, 11) is 2.91. The summed E-state index contributed by atoms with van der Waals surface area (Å²) in [4.78, 5) is 21.5. The van der Waals surface area contributed by atoms with Crippen molar-refractivity contribution in [1.29, 1.82) is 0 Å². The molecule has 0 fully saturated rings. The molecule has 1 rings (SSSR count). The Morgan fingerprint density at radius 3 is 2.06 bits per heavy atom. The maximum absolute atomic E-state index is 10.8. The Labute approximate surface area is 92.6 Å². The van der Waals surface area contributed by atoms with Crippen LogP contribution in [0.3, 0.4) is 0 Å². The monoisotopic (exact) mass is 224 g/mol. The number of hydrogen-bond acceptors (Lipinski definition) is 4. The second kappa shape index (κ2) is 5.16. The number of aldehydes is 1.